The van der Waals surface area contributed by atoms with Gasteiger partial charge in [0.2, 0.25) is 0 Å². The first-order chi connectivity index (χ1) is 29.6. The summed E-state index contributed by atoms with van der Waals surface area (Å²) in [6.45, 7) is 44.6. The predicted molar refractivity (Wildman–Crippen MR) is 276 cm³/mol. The van der Waals surface area contributed by atoms with Gasteiger partial charge in [0.05, 0.1) is 0 Å². The summed E-state index contributed by atoms with van der Waals surface area (Å²) in [6, 6.07) is 29.7. The van der Waals surface area contributed by atoms with E-state index in [-0.39, 0.29) is 0 Å². The van der Waals surface area contributed by atoms with E-state index in [2.05, 4.69) is 213 Å². The number of nitrogens with zero attached hydrogens (tertiary/aromatic N) is 4. The molecule has 2 fully saturated rings. The summed E-state index contributed by atoms with van der Waals surface area (Å²) in [5, 5.41) is 0. The van der Waals surface area contributed by atoms with Crippen LogP contribution in [-0.2, 0) is 0 Å². The molecule has 2 radical (unpaired) electrons. The van der Waals surface area contributed by atoms with Gasteiger partial charge in [-0.25, -0.2) is 0 Å². The molecule has 0 aliphatic carbocycles. The number of rotatable bonds is 10. The van der Waals surface area contributed by atoms with E-state index in [4.69, 9.17) is 0 Å². The molecule has 0 spiro atoms. The average Bonchev–Trinajstić information content (AvgIpc) is 4.06. The first-order valence-corrected chi connectivity index (χ1v) is 33.0. The summed E-state index contributed by atoms with van der Waals surface area (Å²) in [5.41, 5.74) is 25.5. The van der Waals surface area contributed by atoms with Gasteiger partial charge >= 0.3 is 396 Å². The topological polar surface area (TPSA) is 12.0 Å². The van der Waals surface area contributed by atoms with Crippen molar-refractivity contribution >= 4 is 69.2 Å². The molecule has 2 aliphatic heterocycles. The molecule has 0 saturated carbocycles. The van der Waals surface area contributed by atoms with Gasteiger partial charge in [0.15, 0.2) is 0 Å². The molecule has 0 N–H and O–H groups in total. The summed E-state index contributed by atoms with van der Waals surface area (Å²) < 4.78 is 21.5. The van der Waals surface area contributed by atoms with Crippen LogP contribution < -0.4 is 26.4 Å². The van der Waals surface area contributed by atoms with E-state index in [1.807, 2.05) is 0 Å². The van der Waals surface area contributed by atoms with Gasteiger partial charge in [-0.2, -0.15) is 0 Å². The van der Waals surface area contributed by atoms with Crippen LogP contribution in [0.1, 0.15) is 100 Å². The third-order valence-corrected chi connectivity index (χ3v) is 42.4. The summed E-state index contributed by atoms with van der Waals surface area (Å²) in [4.78, 5) is 0. The second-order valence-electron chi connectivity index (χ2n) is 20.0. The van der Waals surface area contributed by atoms with E-state index >= 15 is 0 Å². The van der Waals surface area contributed by atoms with Crippen molar-refractivity contribution in [3.63, 3.8) is 0 Å². The second kappa shape index (κ2) is 16.9. The molecule has 4 nitrogen and oxygen atoms in total. The maximum absolute atomic E-state index is 3.74. The fourth-order valence-electron chi connectivity index (χ4n) is 13.1. The number of hydrazine groups is 2. The van der Waals surface area contributed by atoms with Gasteiger partial charge in [-0.3, -0.25) is 0 Å². The molecule has 326 valence electrons. The van der Waals surface area contributed by atoms with Gasteiger partial charge in [0, 0.05) is 0 Å². The third-order valence-electron chi connectivity index (χ3n) is 14.2. The van der Waals surface area contributed by atoms with Crippen LogP contribution >= 0.6 is 0 Å². The van der Waals surface area contributed by atoms with Crippen LogP contribution in [0.5, 0.6) is 0 Å². The summed E-state index contributed by atoms with van der Waals surface area (Å²) in [6.07, 6.45) is 0. The van der Waals surface area contributed by atoms with Crippen molar-refractivity contribution in [2.45, 2.75) is 125 Å². The molecule has 0 amide bonds. The number of hydrogen-bond acceptors (Lipinski definition) is 4. The van der Waals surface area contributed by atoms with Crippen molar-refractivity contribution < 1.29 is 0 Å². The molecule has 4 atom stereocenters. The summed E-state index contributed by atoms with van der Waals surface area (Å²) in [7, 11) is 0. The van der Waals surface area contributed by atoms with Crippen molar-refractivity contribution in [2.75, 3.05) is 13.3 Å². The van der Waals surface area contributed by atoms with E-state index in [9.17, 15) is 0 Å². The van der Waals surface area contributed by atoms with E-state index in [0.29, 0.717) is 0 Å². The Hall–Kier alpha value is -3.21. The Kier molecular flexibility index (Phi) is 12.4. The Balaban J connectivity index is 1.37. The third kappa shape index (κ3) is 7.71. The van der Waals surface area contributed by atoms with Gasteiger partial charge in [0.25, 0.3) is 0 Å². The Morgan fingerprint density at radius 2 is 0.413 bits per heavy atom. The molecular weight excluding hydrogens is 946 g/mol. The first kappa shape index (κ1) is 46.3. The van der Waals surface area contributed by atoms with Crippen LogP contribution in [0.25, 0.3) is 0 Å². The van der Waals surface area contributed by atoms with Crippen LogP contribution in [-0.4, -0.2) is 72.1 Å². The maximum atomic E-state index is 3.00. The fraction of sp³-hybridized carbons (Fsp3) is 0.357. The molecule has 0 bridgehead atoms. The molecule has 4 unspecified atom stereocenters. The SMILES string of the molecule is Cc1cc(C)[c]([Ge]([c]2c(C)cc(C)cc2C)([c]2c(C)cc(C)cc2C)[N]2C[N]2[Ge][N]2C[N]2[Ge]([c]2c(C)cc(C)cc2C)([c]2c(C)cc(C)cc2C)[c]2c(C)cc(C)cc2C)c(C)c1. The summed E-state index contributed by atoms with van der Waals surface area (Å²) in [5.74, 6) is 0. The van der Waals surface area contributed by atoms with E-state index < -0.39 is 42.9 Å². The molecule has 2 saturated heterocycles. The average molecular weight is 1020 g/mol. The van der Waals surface area contributed by atoms with Crippen molar-refractivity contribution in [1.82, 2.24) is 15.9 Å². The predicted octanol–water partition coefficient (Wildman–Crippen LogP) is 8.39. The molecule has 6 aromatic carbocycles. The Morgan fingerprint density at radius 3 is 0.556 bits per heavy atom. The van der Waals surface area contributed by atoms with Crippen LogP contribution in [0.2, 0.25) is 0 Å². The van der Waals surface area contributed by atoms with Crippen LogP contribution in [0.15, 0.2) is 72.8 Å². The fourth-order valence-corrected chi connectivity index (χ4v) is 46.0. The van der Waals surface area contributed by atoms with E-state index in [0.717, 1.165) is 13.3 Å². The number of hydrogen-bond donors (Lipinski definition) is 0. The molecule has 2 heterocycles. The Morgan fingerprint density at radius 1 is 0.270 bits per heavy atom. The zero-order chi connectivity index (χ0) is 45.8. The standard InChI is InChI=1S/C56H70Ge3N4/c1-33-19-39(7)51(40(8)20-33)58(52-41(9)21-34(2)22-42(52)10,53-43(11)23-35(3)24-44(53)12)62-31-60(62)57-61-32-63(61)59(54-45(13)25-36(4)26-46(54)14,55-47(15)27-37(5)28-48(55)16)56-49(17)29-38(6)30-50(56)18/h19-30H,31-32H2,1-18H3. The van der Waals surface area contributed by atoms with Gasteiger partial charge in [-0.05, 0) is 0 Å². The second-order valence-corrected chi connectivity index (χ2v) is 37.1. The number of aryl methyl sites for hydroxylation is 18. The van der Waals surface area contributed by atoms with Crippen LogP contribution in [0.4, 0.5) is 0 Å². The minimum absolute atomic E-state index is 0.779. The van der Waals surface area contributed by atoms with E-state index in [1.165, 1.54) is 100 Å². The summed E-state index contributed by atoms with van der Waals surface area (Å²) >= 11 is -8.25. The Labute approximate surface area is 393 Å². The van der Waals surface area contributed by atoms with Gasteiger partial charge in [-0.1, -0.05) is 0 Å². The zero-order valence-electron chi connectivity index (χ0n) is 41.6. The molecule has 8 rings (SSSR count). The molecule has 6 aromatic rings. The quantitative estimate of drug-likeness (QED) is 0.101. The van der Waals surface area contributed by atoms with Crippen molar-refractivity contribution in [2.24, 2.45) is 0 Å². The van der Waals surface area contributed by atoms with Gasteiger partial charge in [0.1, 0.15) is 0 Å². The molecule has 7 heteroatoms. The molecule has 63 heavy (non-hydrogen) atoms. The Bertz CT molecular complexity index is 2250. The van der Waals surface area contributed by atoms with Gasteiger partial charge in [-0.15, -0.1) is 0 Å². The normalized spacial score (nSPS) is 18.6. The molecule has 0 aromatic heterocycles. The van der Waals surface area contributed by atoms with Crippen molar-refractivity contribution in [3.05, 3.63) is 173 Å². The monoisotopic (exact) mass is 1020 g/mol. The van der Waals surface area contributed by atoms with Gasteiger partial charge < -0.3 is 0 Å². The van der Waals surface area contributed by atoms with Crippen molar-refractivity contribution in [1.29, 1.82) is 0 Å². The van der Waals surface area contributed by atoms with Crippen LogP contribution in [0.3, 0.4) is 0 Å². The molecule has 2 aliphatic rings. The first-order valence-electron chi connectivity index (χ1n) is 23.0. The zero-order valence-corrected chi connectivity index (χ0v) is 47.9. The molecular formula is C56H70Ge3N4. The van der Waals surface area contributed by atoms with E-state index in [1.54, 1.807) is 26.4 Å². The minimum atomic E-state index is -3.74. The van der Waals surface area contributed by atoms with Crippen LogP contribution in [0, 0.1) is 125 Å². The number of benzene rings is 6. The van der Waals surface area contributed by atoms with Crippen molar-refractivity contribution in [3.8, 4) is 0 Å².